The van der Waals surface area contributed by atoms with Crippen molar-refractivity contribution in [2.24, 2.45) is 0 Å². The van der Waals surface area contributed by atoms with Gasteiger partial charge in [0.25, 0.3) is 6.43 Å². The number of rotatable bonds is 4. The van der Waals surface area contributed by atoms with Gasteiger partial charge in [0.2, 0.25) is 5.89 Å². The molecule has 7 nitrogen and oxygen atoms in total. The van der Waals surface area contributed by atoms with Crippen molar-refractivity contribution in [3.8, 4) is 0 Å². The van der Waals surface area contributed by atoms with E-state index in [0.717, 1.165) is 18.5 Å². The van der Waals surface area contributed by atoms with Crippen LogP contribution in [0.25, 0.3) is 10.9 Å². The maximum absolute atomic E-state index is 13.2. The van der Waals surface area contributed by atoms with Gasteiger partial charge in [-0.2, -0.15) is 4.98 Å². The molecule has 0 radical (unpaired) electrons. The number of piperazine rings is 1. The van der Waals surface area contributed by atoms with Crippen LogP contribution in [0.4, 0.5) is 14.6 Å². The summed E-state index contributed by atoms with van der Waals surface area (Å²) in [4.78, 5) is 16.6. The fourth-order valence-electron chi connectivity index (χ4n) is 3.14. The molecule has 0 amide bonds. The number of hydrogen-bond donors (Lipinski definition) is 0. The Bertz CT molecular complexity index is 907. The molecule has 136 valence electrons. The smallest absolute Gasteiger partial charge is 0.297 e. The Morgan fingerprint density at radius 2 is 1.85 bits per heavy atom. The summed E-state index contributed by atoms with van der Waals surface area (Å²) in [5.74, 6) is 1.35. The number of benzene rings is 1. The first-order chi connectivity index (χ1) is 12.6. The molecule has 1 aliphatic rings. The maximum Gasteiger partial charge on any atom is 0.297 e. The van der Waals surface area contributed by atoms with Crippen molar-refractivity contribution in [3.05, 3.63) is 41.8 Å². The van der Waals surface area contributed by atoms with Gasteiger partial charge in [-0.3, -0.25) is 4.90 Å². The molecular formula is C17H18F2N6O. The second-order valence-electron chi connectivity index (χ2n) is 6.22. The molecule has 2 aromatic heterocycles. The van der Waals surface area contributed by atoms with Crippen LogP contribution in [0.1, 0.15) is 24.0 Å². The minimum atomic E-state index is -2.69. The summed E-state index contributed by atoms with van der Waals surface area (Å²) in [6, 6.07) is 7.26. The van der Waals surface area contributed by atoms with Crippen molar-refractivity contribution in [1.82, 2.24) is 25.0 Å². The van der Waals surface area contributed by atoms with Gasteiger partial charge in [0.15, 0.2) is 11.6 Å². The van der Waals surface area contributed by atoms with Crippen LogP contribution in [-0.4, -0.2) is 51.2 Å². The number of aryl methyl sites for hydroxylation is 1. The fourth-order valence-corrected chi connectivity index (χ4v) is 3.14. The van der Waals surface area contributed by atoms with Gasteiger partial charge in [-0.05, 0) is 12.1 Å². The molecule has 26 heavy (non-hydrogen) atoms. The van der Waals surface area contributed by atoms with Gasteiger partial charge in [0, 0.05) is 38.5 Å². The van der Waals surface area contributed by atoms with Gasteiger partial charge in [0.1, 0.15) is 5.82 Å². The second-order valence-corrected chi connectivity index (χ2v) is 6.22. The number of fused-ring (bicyclic) bond motifs is 1. The summed E-state index contributed by atoms with van der Waals surface area (Å²) in [6.07, 6.45) is -2.69. The highest BCUT2D eigenvalue weighted by Crippen LogP contribution is 2.27. The first kappa shape index (κ1) is 16.8. The van der Waals surface area contributed by atoms with Gasteiger partial charge in [0.05, 0.1) is 12.1 Å². The first-order valence-corrected chi connectivity index (χ1v) is 8.41. The molecule has 4 rings (SSSR count). The minimum Gasteiger partial charge on any atom is -0.353 e. The number of halogens is 2. The lowest BCUT2D eigenvalue weighted by Gasteiger charge is -2.35. The molecule has 0 N–H and O–H groups in total. The van der Waals surface area contributed by atoms with Crippen molar-refractivity contribution in [1.29, 1.82) is 0 Å². The zero-order chi connectivity index (χ0) is 18.1. The van der Waals surface area contributed by atoms with Crippen molar-refractivity contribution in [2.45, 2.75) is 19.9 Å². The maximum atomic E-state index is 13.2. The summed E-state index contributed by atoms with van der Waals surface area (Å²) in [5, 5.41) is 4.70. The molecular weight excluding hydrogens is 342 g/mol. The van der Waals surface area contributed by atoms with E-state index in [1.807, 2.05) is 17.0 Å². The highest BCUT2D eigenvalue weighted by molar-refractivity contribution is 5.89. The molecule has 3 heterocycles. The summed E-state index contributed by atoms with van der Waals surface area (Å²) < 4.78 is 31.3. The molecule has 9 heteroatoms. The highest BCUT2D eigenvalue weighted by Gasteiger charge is 2.23. The van der Waals surface area contributed by atoms with Crippen LogP contribution in [0.15, 0.2) is 28.8 Å². The molecule has 0 unspecified atom stereocenters. The van der Waals surface area contributed by atoms with Crippen LogP contribution in [-0.2, 0) is 6.54 Å². The number of anilines is 1. The molecule has 0 bridgehead atoms. The number of nitrogens with zero attached hydrogens (tertiary/aromatic N) is 6. The Balaban J connectivity index is 1.53. The Hall–Kier alpha value is -2.68. The van der Waals surface area contributed by atoms with E-state index >= 15 is 0 Å². The van der Waals surface area contributed by atoms with E-state index in [1.54, 1.807) is 19.1 Å². The Morgan fingerprint density at radius 3 is 2.54 bits per heavy atom. The molecule has 1 aliphatic heterocycles. The average Bonchev–Trinajstić information content (AvgIpc) is 3.06. The predicted octanol–water partition coefficient (Wildman–Crippen LogP) is 2.58. The molecule has 1 saturated heterocycles. The minimum absolute atomic E-state index is 0.427. The topological polar surface area (TPSA) is 71.2 Å². The first-order valence-electron chi connectivity index (χ1n) is 8.41. The van der Waals surface area contributed by atoms with Gasteiger partial charge < -0.3 is 9.42 Å². The number of hydrogen-bond acceptors (Lipinski definition) is 7. The second kappa shape index (κ2) is 6.91. The standard InChI is InChI=1S/C17H18F2N6O/c1-11-20-14(23-26-11)10-24-6-8-25(9-7-24)17-12-4-2-3-5-13(12)21-16(22-17)15(18)19/h2-5,15H,6-10H2,1H3. The summed E-state index contributed by atoms with van der Waals surface area (Å²) in [7, 11) is 0. The third kappa shape index (κ3) is 3.34. The van der Waals surface area contributed by atoms with E-state index in [2.05, 4.69) is 25.0 Å². The highest BCUT2D eigenvalue weighted by atomic mass is 19.3. The van der Waals surface area contributed by atoms with Crippen LogP contribution >= 0.6 is 0 Å². The van der Waals surface area contributed by atoms with E-state index < -0.39 is 12.2 Å². The van der Waals surface area contributed by atoms with Crippen LogP contribution in [0.5, 0.6) is 0 Å². The zero-order valence-electron chi connectivity index (χ0n) is 14.3. The molecule has 1 aromatic carbocycles. The zero-order valence-corrected chi connectivity index (χ0v) is 14.3. The van der Waals surface area contributed by atoms with Crippen LogP contribution < -0.4 is 4.90 Å². The number of aromatic nitrogens is 4. The predicted molar refractivity (Wildman–Crippen MR) is 91.0 cm³/mol. The Kier molecular flexibility index (Phi) is 4.46. The van der Waals surface area contributed by atoms with Crippen molar-refractivity contribution in [3.63, 3.8) is 0 Å². The molecule has 0 spiro atoms. The third-order valence-electron chi connectivity index (χ3n) is 4.40. The van der Waals surface area contributed by atoms with E-state index in [4.69, 9.17) is 4.52 Å². The largest absolute Gasteiger partial charge is 0.353 e. The van der Waals surface area contributed by atoms with Gasteiger partial charge >= 0.3 is 0 Å². The molecule has 0 saturated carbocycles. The Morgan fingerprint density at radius 1 is 1.08 bits per heavy atom. The summed E-state index contributed by atoms with van der Waals surface area (Å²) in [6.45, 7) is 5.25. The number of para-hydroxylation sites is 1. The molecule has 0 aliphatic carbocycles. The van der Waals surface area contributed by atoms with Gasteiger partial charge in [-0.15, -0.1) is 0 Å². The quantitative estimate of drug-likeness (QED) is 0.708. The summed E-state index contributed by atoms with van der Waals surface area (Å²) >= 11 is 0. The van der Waals surface area contributed by atoms with Crippen molar-refractivity contribution < 1.29 is 13.3 Å². The summed E-state index contributed by atoms with van der Waals surface area (Å²) in [5.41, 5.74) is 0.539. The molecule has 0 atom stereocenters. The number of alkyl halides is 2. The van der Waals surface area contributed by atoms with E-state index in [9.17, 15) is 8.78 Å². The van der Waals surface area contributed by atoms with Gasteiger partial charge in [-0.25, -0.2) is 18.7 Å². The van der Waals surface area contributed by atoms with Crippen molar-refractivity contribution >= 4 is 16.7 Å². The van der Waals surface area contributed by atoms with E-state index in [1.165, 1.54) is 0 Å². The molecule has 1 fully saturated rings. The van der Waals surface area contributed by atoms with Gasteiger partial charge in [-0.1, -0.05) is 17.3 Å². The van der Waals surface area contributed by atoms with Crippen LogP contribution in [0.2, 0.25) is 0 Å². The lowest BCUT2D eigenvalue weighted by Crippen LogP contribution is -2.46. The lowest BCUT2D eigenvalue weighted by atomic mass is 10.2. The van der Waals surface area contributed by atoms with Crippen LogP contribution in [0, 0.1) is 6.92 Å². The van der Waals surface area contributed by atoms with E-state index in [-0.39, 0.29) is 0 Å². The Labute approximate surface area is 148 Å². The average molecular weight is 360 g/mol. The lowest BCUT2D eigenvalue weighted by molar-refractivity contribution is 0.141. The van der Waals surface area contributed by atoms with Crippen LogP contribution in [0.3, 0.4) is 0 Å². The fraction of sp³-hybridized carbons (Fsp3) is 0.412. The SMILES string of the molecule is Cc1nc(CN2CCN(c3nc(C(F)F)nc4ccccc34)CC2)no1. The van der Waals surface area contributed by atoms with Crippen molar-refractivity contribution in [2.75, 3.05) is 31.1 Å². The van der Waals surface area contributed by atoms with E-state index in [0.29, 0.717) is 42.7 Å². The molecule has 3 aromatic rings. The third-order valence-corrected chi connectivity index (χ3v) is 4.40. The monoisotopic (exact) mass is 360 g/mol. The normalized spacial score (nSPS) is 15.9.